The highest BCUT2D eigenvalue weighted by Gasteiger charge is 2.60. The summed E-state index contributed by atoms with van der Waals surface area (Å²) in [5.41, 5.74) is 4.96. The van der Waals surface area contributed by atoms with Crippen LogP contribution in [0.15, 0.2) is 59.8 Å². The first-order valence-electron chi connectivity index (χ1n) is 12.3. The first kappa shape index (κ1) is 22.6. The largest absolute Gasteiger partial charge is 0.497 e. The molecule has 35 heavy (non-hydrogen) atoms. The second kappa shape index (κ2) is 8.95. The zero-order chi connectivity index (χ0) is 24.0. The minimum absolute atomic E-state index is 0.379. The number of rotatable bonds is 8. The molecule has 1 saturated heterocycles. The fourth-order valence-corrected chi connectivity index (χ4v) is 6.54. The average Bonchev–Trinajstić information content (AvgIpc) is 3.25. The van der Waals surface area contributed by atoms with Gasteiger partial charge in [-0.25, -0.2) is 0 Å². The average molecular weight is 486 g/mol. The molecule has 6 nitrogen and oxygen atoms in total. The van der Waals surface area contributed by atoms with Crippen LogP contribution in [-0.4, -0.2) is 57.1 Å². The summed E-state index contributed by atoms with van der Waals surface area (Å²) in [4.78, 5) is 7.31. The van der Waals surface area contributed by atoms with Crippen molar-refractivity contribution >= 4 is 22.7 Å². The number of ether oxygens (including phenoxy) is 1. The van der Waals surface area contributed by atoms with Crippen LogP contribution in [0, 0.1) is 12.8 Å². The molecule has 3 heterocycles. The Bertz CT molecular complexity index is 1370. The molecule has 0 amide bonds. The van der Waals surface area contributed by atoms with Crippen LogP contribution in [0.25, 0.3) is 22.3 Å². The normalized spacial score (nSPS) is 21.4. The number of aromatic nitrogens is 4. The summed E-state index contributed by atoms with van der Waals surface area (Å²) in [5, 5.41) is 11.1. The van der Waals surface area contributed by atoms with Crippen molar-refractivity contribution in [1.29, 1.82) is 0 Å². The highest BCUT2D eigenvalue weighted by atomic mass is 32.2. The van der Waals surface area contributed by atoms with E-state index in [1.807, 2.05) is 13.0 Å². The molecule has 0 spiro atoms. The molecule has 0 bridgehead atoms. The molecule has 0 N–H and O–H groups in total. The van der Waals surface area contributed by atoms with Crippen LogP contribution >= 0.6 is 11.8 Å². The van der Waals surface area contributed by atoms with Crippen LogP contribution in [0.2, 0.25) is 0 Å². The van der Waals surface area contributed by atoms with E-state index in [0.29, 0.717) is 5.41 Å². The van der Waals surface area contributed by atoms with E-state index in [4.69, 9.17) is 4.74 Å². The Morgan fingerprint density at radius 3 is 2.77 bits per heavy atom. The van der Waals surface area contributed by atoms with Gasteiger partial charge in [0.25, 0.3) is 0 Å². The molecule has 4 aromatic rings. The minimum Gasteiger partial charge on any atom is -0.497 e. The Morgan fingerprint density at radius 2 is 1.94 bits per heavy atom. The van der Waals surface area contributed by atoms with E-state index in [2.05, 4.69) is 80.2 Å². The van der Waals surface area contributed by atoms with Gasteiger partial charge in [-0.3, -0.25) is 4.98 Å². The maximum Gasteiger partial charge on any atom is 0.191 e. The molecule has 2 aliphatic rings. The van der Waals surface area contributed by atoms with E-state index >= 15 is 0 Å². The van der Waals surface area contributed by atoms with Gasteiger partial charge in [-0.05, 0) is 62.1 Å². The van der Waals surface area contributed by atoms with Crippen LogP contribution in [0.1, 0.15) is 24.1 Å². The molecule has 2 fully saturated rings. The summed E-state index contributed by atoms with van der Waals surface area (Å²) < 4.78 is 7.45. The monoisotopic (exact) mass is 485 g/mol. The molecule has 1 aliphatic heterocycles. The van der Waals surface area contributed by atoms with Crippen LogP contribution in [0.5, 0.6) is 5.75 Å². The molecule has 2 atom stereocenters. The van der Waals surface area contributed by atoms with Gasteiger partial charge in [-0.1, -0.05) is 42.1 Å². The number of pyridine rings is 1. The maximum absolute atomic E-state index is 5.33. The lowest BCUT2D eigenvalue weighted by Gasteiger charge is -2.21. The number of methoxy groups -OCH3 is 1. The number of nitrogens with zero attached hydrogens (tertiary/aromatic N) is 5. The highest BCUT2D eigenvalue weighted by Crippen LogP contribution is 2.59. The molecule has 7 heteroatoms. The van der Waals surface area contributed by atoms with Gasteiger partial charge in [-0.15, -0.1) is 10.2 Å². The third-order valence-corrected chi connectivity index (χ3v) is 8.78. The predicted octanol–water partition coefficient (Wildman–Crippen LogP) is 5.10. The number of thioether (sulfide) groups is 1. The van der Waals surface area contributed by atoms with Crippen molar-refractivity contribution in [2.24, 2.45) is 13.0 Å². The topological polar surface area (TPSA) is 56.1 Å². The summed E-state index contributed by atoms with van der Waals surface area (Å²) in [6.45, 7) is 5.56. The molecule has 2 aromatic heterocycles. The van der Waals surface area contributed by atoms with E-state index in [1.165, 1.54) is 25.1 Å². The SMILES string of the molecule is COc1ccc([C@]23C[C@H]2CN(CCCSc2nnc(-c4cccc5nc(C)ccc45)n2C)C3)cc1. The Balaban J connectivity index is 1.05. The lowest BCUT2D eigenvalue weighted by Crippen LogP contribution is -2.27. The lowest BCUT2D eigenvalue weighted by molar-refractivity contribution is 0.299. The fraction of sp³-hybridized carbons (Fsp3) is 0.393. The maximum atomic E-state index is 5.33. The van der Waals surface area contributed by atoms with Crippen molar-refractivity contribution < 1.29 is 4.74 Å². The Morgan fingerprint density at radius 1 is 1.09 bits per heavy atom. The number of piperidine rings is 1. The second-order valence-corrected chi connectivity index (χ2v) is 11.0. The standard InChI is InChI=1S/C28H31N5OS/c1-19-8-13-23-24(6-4-7-25(23)29-19)26-30-31-27(32(26)2)35-15-5-14-33-17-21-16-28(21,18-33)20-9-11-22(34-3)12-10-20/h4,6-13,21H,5,14-18H2,1-3H3/t21-,28+/m0/s1. The summed E-state index contributed by atoms with van der Waals surface area (Å²) in [5.74, 6) is 3.68. The fourth-order valence-electron chi connectivity index (χ4n) is 5.71. The Kier molecular flexibility index (Phi) is 5.77. The molecule has 180 valence electrons. The smallest absolute Gasteiger partial charge is 0.191 e. The molecule has 1 aliphatic carbocycles. The first-order valence-corrected chi connectivity index (χ1v) is 13.3. The van der Waals surface area contributed by atoms with Crippen molar-refractivity contribution in [3.63, 3.8) is 0 Å². The minimum atomic E-state index is 0.379. The Labute approximate surface area is 210 Å². The molecular weight excluding hydrogens is 454 g/mol. The van der Waals surface area contributed by atoms with Crippen LogP contribution in [-0.2, 0) is 12.5 Å². The molecule has 2 aromatic carbocycles. The van der Waals surface area contributed by atoms with E-state index in [-0.39, 0.29) is 0 Å². The lowest BCUT2D eigenvalue weighted by atomic mass is 9.95. The predicted molar refractivity (Wildman–Crippen MR) is 141 cm³/mol. The van der Waals surface area contributed by atoms with Gasteiger partial charge in [0.15, 0.2) is 11.0 Å². The third kappa shape index (κ3) is 4.10. The number of aryl methyl sites for hydroxylation is 1. The van der Waals surface area contributed by atoms with Crippen LogP contribution in [0.3, 0.4) is 0 Å². The van der Waals surface area contributed by atoms with Gasteiger partial charge in [0.1, 0.15) is 5.75 Å². The van der Waals surface area contributed by atoms with Crippen molar-refractivity contribution in [3.8, 4) is 17.1 Å². The first-order chi connectivity index (χ1) is 17.1. The molecule has 0 radical (unpaired) electrons. The quantitative estimate of drug-likeness (QED) is 0.256. The summed E-state index contributed by atoms with van der Waals surface area (Å²) in [6, 6.07) is 19.1. The van der Waals surface area contributed by atoms with Gasteiger partial charge in [0.05, 0.1) is 12.6 Å². The molecule has 1 saturated carbocycles. The van der Waals surface area contributed by atoms with Crippen molar-refractivity contribution in [3.05, 3.63) is 65.9 Å². The molecule has 0 unspecified atom stereocenters. The highest BCUT2D eigenvalue weighted by molar-refractivity contribution is 7.99. The van der Waals surface area contributed by atoms with Gasteiger partial charge >= 0.3 is 0 Å². The van der Waals surface area contributed by atoms with Gasteiger partial charge in [-0.2, -0.15) is 0 Å². The number of hydrogen-bond donors (Lipinski definition) is 0. The number of hydrogen-bond acceptors (Lipinski definition) is 6. The van der Waals surface area contributed by atoms with Crippen LogP contribution < -0.4 is 4.74 Å². The van der Waals surface area contributed by atoms with Crippen molar-refractivity contribution in [2.45, 2.75) is 30.3 Å². The van der Waals surface area contributed by atoms with Gasteiger partial charge in [0.2, 0.25) is 0 Å². The molecular formula is C28H31N5OS. The Hall–Kier alpha value is -2.90. The number of fused-ring (bicyclic) bond motifs is 2. The summed E-state index contributed by atoms with van der Waals surface area (Å²) in [7, 11) is 3.79. The third-order valence-electron chi connectivity index (χ3n) is 7.68. The van der Waals surface area contributed by atoms with Gasteiger partial charge in [0, 0.05) is 47.9 Å². The number of benzene rings is 2. The summed E-state index contributed by atoms with van der Waals surface area (Å²) >= 11 is 1.80. The van der Waals surface area contributed by atoms with Crippen molar-refractivity contribution in [1.82, 2.24) is 24.6 Å². The van der Waals surface area contributed by atoms with E-state index < -0.39 is 0 Å². The van der Waals surface area contributed by atoms with Crippen LogP contribution in [0.4, 0.5) is 0 Å². The zero-order valence-electron chi connectivity index (χ0n) is 20.6. The number of likely N-dealkylation sites (tertiary alicyclic amines) is 1. The van der Waals surface area contributed by atoms with Crippen molar-refractivity contribution in [2.75, 3.05) is 32.5 Å². The zero-order valence-corrected chi connectivity index (χ0v) is 21.4. The van der Waals surface area contributed by atoms with E-state index in [0.717, 1.165) is 63.5 Å². The van der Waals surface area contributed by atoms with Gasteiger partial charge < -0.3 is 14.2 Å². The van der Waals surface area contributed by atoms with E-state index in [1.54, 1.807) is 18.9 Å². The second-order valence-electron chi connectivity index (χ2n) is 9.91. The van der Waals surface area contributed by atoms with E-state index in [9.17, 15) is 0 Å². The molecule has 6 rings (SSSR count). The summed E-state index contributed by atoms with van der Waals surface area (Å²) in [6.07, 6.45) is 2.48.